The molecular weight excluding hydrogens is 1290 g/mol. The van der Waals surface area contributed by atoms with E-state index in [0.717, 1.165) is 0 Å². The summed E-state index contributed by atoms with van der Waals surface area (Å²) < 4.78 is 0. The van der Waals surface area contributed by atoms with Crippen molar-refractivity contribution in [3.05, 3.63) is 65.2 Å². The highest BCUT2D eigenvalue weighted by atomic mass is 16.4. The van der Waals surface area contributed by atoms with Gasteiger partial charge < -0.3 is 72.5 Å². The molecule has 4 unspecified atom stereocenters. The fourth-order valence-corrected chi connectivity index (χ4v) is 11.2. The largest absolute Gasteiger partial charge is 0.508 e. The van der Waals surface area contributed by atoms with E-state index in [2.05, 4.69) is 26.6 Å². The second-order valence-corrected chi connectivity index (χ2v) is 24.6. The molecule has 0 saturated carbocycles. The molecule has 5 amide bonds. The van der Waals surface area contributed by atoms with Crippen LogP contribution in [0.4, 0.5) is 4.79 Å². The second-order valence-electron chi connectivity index (χ2n) is 24.6. The first kappa shape index (κ1) is 83.1. The maximum atomic E-state index is 14.6. The number of carbonyl (C=O) groups is 14. The molecule has 32 nitrogen and oxygen atoms in total. The van der Waals surface area contributed by atoms with Crippen LogP contribution in [-0.2, 0) is 75.2 Å². The molecule has 0 aliphatic carbocycles. The van der Waals surface area contributed by atoms with Gasteiger partial charge in [-0.1, -0.05) is 68.1 Å². The molecule has 1 aliphatic heterocycles. The maximum absolute atomic E-state index is 14.6. The first-order chi connectivity index (χ1) is 46.5. The second kappa shape index (κ2) is 45.4. The van der Waals surface area contributed by atoms with Crippen LogP contribution in [0.15, 0.2) is 48.5 Å². The van der Waals surface area contributed by atoms with Crippen molar-refractivity contribution in [3.8, 4) is 5.75 Å². The molecule has 0 spiro atoms. The van der Waals surface area contributed by atoms with E-state index < -0.39 is 146 Å². The molecule has 1 saturated heterocycles. The van der Waals surface area contributed by atoms with Crippen LogP contribution >= 0.6 is 0 Å². The Hall–Kier alpha value is -9.14. The van der Waals surface area contributed by atoms with E-state index in [1.807, 2.05) is 0 Å². The molecule has 0 radical (unpaired) electrons. The molecule has 1 heterocycles. The van der Waals surface area contributed by atoms with Crippen LogP contribution in [-0.4, -0.2) is 257 Å². The molecule has 1 aliphatic rings. The van der Waals surface area contributed by atoms with Crippen molar-refractivity contribution in [1.82, 2.24) is 46.2 Å². The smallest absolute Gasteiger partial charge is 0.326 e. The summed E-state index contributed by atoms with van der Waals surface area (Å²) in [5.74, 6) is -13.8. The van der Waals surface area contributed by atoms with Crippen LogP contribution < -0.4 is 26.6 Å². The molecule has 1 fully saturated rings. The van der Waals surface area contributed by atoms with Crippen molar-refractivity contribution in [2.45, 2.75) is 172 Å². The van der Waals surface area contributed by atoms with Crippen LogP contribution in [0.3, 0.4) is 0 Å². The summed E-state index contributed by atoms with van der Waals surface area (Å²) in [7, 11) is 0. The predicted octanol–water partition coefficient (Wildman–Crippen LogP) is 2.04. The number of carboxylic acids is 8. The number of hydrogen-bond donors (Lipinski definition) is 14. The number of Topliss-reactive ketones (excluding diaryl/α,β-unsaturated/α-hetero) is 2. The van der Waals surface area contributed by atoms with E-state index in [0.29, 0.717) is 74.5 Å². The highest BCUT2D eigenvalue weighted by Gasteiger charge is 2.33. The van der Waals surface area contributed by atoms with Gasteiger partial charge in [0, 0.05) is 104 Å². The number of urea groups is 1. The molecule has 544 valence electrons. The van der Waals surface area contributed by atoms with E-state index in [1.165, 1.54) is 26.8 Å². The molecule has 0 bridgehead atoms. The molecule has 14 N–H and O–H groups in total. The van der Waals surface area contributed by atoms with E-state index in [1.54, 1.807) is 48.2 Å². The number of ketones is 2. The highest BCUT2D eigenvalue weighted by Crippen LogP contribution is 2.22. The number of phenols is 1. The van der Waals surface area contributed by atoms with Gasteiger partial charge in [-0.2, -0.15) is 0 Å². The number of benzene rings is 2. The molecule has 6 atom stereocenters. The van der Waals surface area contributed by atoms with E-state index >= 15 is 0 Å². The van der Waals surface area contributed by atoms with E-state index in [4.69, 9.17) is 5.11 Å². The number of aromatic hydroxyl groups is 1. The number of nitrogens with one attached hydrogen (secondary N) is 5. The highest BCUT2D eigenvalue weighted by molar-refractivity contribution is 5.94. The summed E-state index contributed by atoms with van der Waals surface area (Å²) in [4.78, 5) is 181. The van der Waals surface area contributed by atoms with Gasteiger partial charge in [0.1, 0.15) is 35.7 Å². The zero-order valence-electron chi connectivity index (χ0n) is 55.4. The third-order valence-corrected chi connectivity index (χ3v) is 16.7. The van der Waals surface area contributed by atoms with Crippen LogP contribution in [0, 0.1) is 12.8 Å². The summed E-state index contributed by atoms with van der Waals surface area (Å²) in [6, 6.07) is 5.08. The summed E-state index contributed by atoms with van der Waals surface area (Å²) in [6.45, 7) is 0.839. The number of phenolic OH excluding ortho intramolecular Hbond substituents is 1. The number of amides is 5. The number of rotatable bonds is 47. The minimum atomic E-state index is -1.54. The van der Waals surface area contributed by atoms with Gasteiger partial charge in [-0.3, -0.25) is 72.3 Å². The molecule has 2 aromatic carbocycles. The Kier molecular flexibility index (Phi) is 38.5. The molecule has 32 heteroatoms. The Morgan fingerprint density at radius 1 is 0.439 bits per heavy atom. The third kappa shape index (κ3) is 35.2. The standard InChI is InChI=1S/C66H97N9O23/c1-43-36-45(21-24-53(43)77)38-51(68-56(80)25-23-52(65(96)97)75-34-32-73(41-59(85)86)30-28-72(40-58(83)84)29-31-74(33-35-75)42-60(87)88)61(89)69-50(37-44-14-6-4-7-15-44)54(78)39-46(62(90)91)16-8-5-10-18-47(76)17-9-2-3-11-20-55(79)67-27-13-12-19-48(63(92)93)70-66(98)71-49(64(94)95)22-26-57(81)82/h4,6-7,14-15,21,24,36,46,48-52,77H,2-3,5,8-13,16-20,22-23,25-35,37-42H2,1H3,(H,67,79)(H,68,80)(H,69,89)(H,81,82)(H,83,84)(H,85,86)(H,87,88)(H,90,91)(H,92,93)(H,94,95)(H,96,97)(H2,70,71,98)/t46?,48-,49-,50?,51?,52?/m0/s1. The zero-order chi connectivity index (χ0) is 72.7. The number of hydrogen-bond acceptors (Lipinski definition) is 19. The molecule has 2 aromatic rings. The lowest BCUT2D eigenvalue weighted by Gasteiger charge is -2.35. The lowest BCUT2D eigenvalue weighted by molar-refractivity contribution is -0.145. The normalized spacial score (nSPS) is 15.4. The summed E-state index contributed by atoms with van der Waals surface area (Å²) in [5.41, 5.74) is 1.55. The predicted molar refractivity (Wildman–Crippen MR) is 350 cm³/mol. The van der Waals surface area contributed by atoms with Crippen molar-refractivity contribution in [3.63, 3.8) is 0 Å². The third-order valence-electron chi connectivity index (χ3n) is 16.7. The monoisotopic (exact) mass is 1380 g/mol. The summed E-state index contributed by atoms with van der Waals surface area (Å²) >= 11 is 0. The molecule has 0 aromatic heterocycles. The van der Waals surface area contributed by atoms with Crippen LogP contribution in [0.5, 0.6) is 5.75 Å². The van der Waals surface area contributed by atoms with Gasteiger partial charge in [0.05, 0.1) is 31.6 Å². The lowest BCUT2D eigenvalue weighted by atomic mass is 9.90. The molecule has 98 heavy (non-hydrogen) atoms. The SMILES string of the molecule is Cc1cc(CC(NC(=O)CCC(C(=O)O)N2CCN(CC(=O)O)CCN(CC(=O)O)CCN(CC(=O)O)CC2)C(=O)NC(Cc2ccccc2)C(=O)CC(CCCCCC(=O)CCCCCCC(=O)NCCCC[C@H](NC(=O)N[C@@H](CCC(=O)O)C(=O)O)C(=O)O)C(=O)O)ccc1O. The maximum Gasteiger partial charge on any atom is 0.326 e. The van der Waals surface area contributed by atoms with Gasteiger partial charge in [-0.25, -0.2) is 14.4 Å². The topological polar surface area (TPSA) is 494 Å². The van der Waals surface area contributed by atoms with E-state index in [9.17, 15) is 108 Å². The van der Waals surface area contributed by atoms with Crippen molar-refractivity contribution < 1.29 is 113 Å². The minimum absolute atomic E-state index is 0.00301. The van der Waals surface area contributed by atoms with Crippen LogP contribution in [0.2, 0.25) is 0 Å². The molecular formula is C66H97N9O23. The Morgan fingerprint density at radius 2 is 0.949 bits per heavy atom. The van der Waals surface area contributed by atoms with Crippen LogP contribution in [0.1, 0.15) is 139 Å². The Balaban J connectivity index is 1.58. The molecule has 3 rings (SSSR count). The van der Waals surface area contributed by atoms with Crippen molar-refractivity contribution in [1.29, 1.82) is 0 Å². The summed E-state index contributed by atoms with van der Waals surface area (Å²) in [6.07, 6.45) is 2.91. The first-order valence-corrected chi connectivity index (χ1v) is 33.0. The van der Waals surface area contributed by atoms with Crippen molar-refractivity contribution in [2.24, 2.45) is 5.92 Å². The van der Waals surface area contributed by atoms with Gasteiger partial charge in [0.15, 0.2) is 5.78 Å². The van der Waals surface area contributed by atoms with Crippen molar-refractivity contribution in [2.75, 3.05) is 78.5 Å². The fourth-order valence-electron chi connectivity index (χ4n) is 11.2. The average molecular weight is 1380 g/mol. The number of carbonyl (C=O) groups excluding carboxylic acids is 6. The Morgan fingerprint density at radius 3 is 1.46 bits per heavy atom. The number of carboxylic acid groups (broad SMARTS) is 8. The number of aryl methyl sites for hydroxylation is 1. The fraction of sp³-hybridized carbons (Fsp3) is 0.606. The van der Waals surface area contributed by atoms with Gasteiger partial charge >= 0.3 is 53.8 Å². The van der Waals surface area contributed by atoms with Gasteiger partial charge in [0.25, 0.3) is 0 Å². The summed E-state index contributed by atoms with van der Waals surface area (Å²) in [5, 5.41) is 100. The van der Waals surface area contributed by atoms with Gasteiger partial charge in [-0.15, -0.1) is 0 Å². The quantitative estimate of drug-likeness (QED) is 0.0422. The zero-order valence-corrected chi connectivity index (χ0v) is 55.4. The Labute approximate surface area is 567 Å². The first-order valence-electron chi connectivity index (χ1n) is 33.0. The number of aliphatic carboxylic acids is 8. The lowest BCUT2D eigenvalue weighted by Crippen LogP contribution is -2.54. The minimum Gasteiger partial charge on any atom is -0.508 e. The number of unbranched alkanes of at least 4 members (excludes halogenated alkanes) is 6. The van der Waals surface area contributed by atoms with Gasteiger partial charge in [-0.05, 0) is 93.9 Å². The van der Waals surface area contributed by atoms with E-state index in [-0.39, 0.29) is 134 Å². The van der Waals surface area contributed by atoms with Gasteiger partial charge in [0.2, 0.25) is 17.7 Å². The van der Waals surface area contributed by atoms with Crippen LogP contribution in [0.25, 0.3) is 0 Å². The van der Waals surface area contributed by atoms with Crippen molar-refractivity contribution >= 4 is 83.1 Å². The average Bonchev–Trinajstić information content (AvgIpc) is 0.861. The Bertz CT molecular complexity index is 2960. The number of nitrogens with zero attached hydrogens (tertiary/aromatic N) is 4.